The third-order valence-corrected chi connectivity index (χ3v) is 4.10. The van der Waals surface area contributed by atoms with Crippen LogP contribution in [0.15, 0.2) is 16.8 Å². The molecule has 2 amide bonds. The Balaban J connectivity index is 2.41. The van der Waals surface area contributed by atoms with E-state index in [-0.39, 0.29) is 23.7 Å². The molecule has 5 heteroatoms. The molecule has 1 fully saturated rings. The van der Waals surface area contributed by atoms with Crippen molar-refractivity contribution < 1.29 is 9.59 Å². The van der Waals surface area contributed by atoms with Gasteiger partial charge in [-0.3, -0.25) is 14.5 Å². The van der Waals surface area contributed by atoms with Crippen molar-refractivity contribution in [2.24, 2.45) is 11.8 Å². The summed E-state index contributed by atoms with van der Waals surface area (Å²) in [5, 5.41) is 6.71. The normalized spacial score (nSPS) is 24.2. The number of hydrogen-bond acceptors (Lipinski definition) is 3. The first-order valence-electron chi connectivity index (χ1n) is 6.59. The number of rotatable bonds is 3. The van der Waals surface area contributed by atoms with Gasteiger partial charge in [-0.15, -0.1) is 0 Å². The summed E-state index contributed by atoms with van der Waals surface area (Å²) in [6, 6.07) is 1.05. The van der Waals surface area contributed by atoms with Gasteiger partial charge >= 0.3 is 0 Å². The van der Waals surface area contributed by atoms with Gasteiger partial charge in [0.15, 0.2) is 0 Å². The maximum atomic E-state index is 12.6. The van der Waals surface area contributed by atoms with E-state index in [2.05, 4.69) is 5.32 Å². The Morgan fingerprint density at radius 1 is 1.21 bits per heavy atom. The average Bonchev–Trinajstić information content (AvgIpc) is 2.83. The topological polar surface area (TPSA) is 49.4 Å². The van der Waals surface area contributed by atoms with Crippen LogP contribution < -0.4 is 10.2 Å². The Bertz CT molecular complexity index is 468. The second-order valence-electron chi connectivity index (χ2n) is 5.61. The van der Waals surface area contributed by atoms with Crippen LogP contribution in [0.4, 0.5) is 5.69 Å². The summed E-state index contributed by atoms with van der Waals surface area (Å²) in [4.78, 5) is 26.6. The predicted octanol–water partition coefficient (Wildman–Crippen LogP) is 2.26. The van der Waals surface area contributed by atoms with Crippen molar-refractivity contribution in [2.45, 2.75) is 39.8 Å². The fraction of sp³-hybridized carbons (Fsp3) is 0.571. The van der Waals surface area contributed by atoms with Gasteiger partial charge < -0.3 is 5.32 Å². The van der Waals surface area contributed by atoms with Crippen LogP contribution in [0.25, 0.3) is 0 Å². The molecule has 0 bridgehead atoms. The SMILES string of the molecule is CC(C)C1NC(=O)C(C(C)C)N(c2ccsc2)C1=O. The fourth-order valence-electron chi connectivity index (χ4n) is 2.44. The lowest BCUT2D eigenvalue weighted by molar-refractivity contribution is -0.135. The van der Waals surface area contributed by atoms with Gasteiger partial charge in [-0.05, 0) is 23.3 Å². The molecular weight excluding hydrogens is 260 g/mol. The van der Waals surface area contributed by atoms with E-state index < -0.39 is 12.1 Å². The van der Waals surface area contributed by atoms with Crippen LogP contribution in [0, 0.1) is 11.8 Å². The minimum Gasteiger partial charge on any atom is -0.342 e. The van der Waals surface area contributed by atoms with E-state index in [1.807, 2.05) is 44.5 Å². The van der Waals surface area contributed by atoms with Crippen molar-refractivity contribution in [1.29, 1.82) is 0 Å². The first-order chi connectivity index (χ1) is 8.93. The molecule has 0 aromatic carbocycles. The number of amides is 2. The molecule has 2 rings (SSSR count). The summed E-state index contributed by atoms with van der Waals surface area (Å²) in [7, 11) is 0. The van der Waals surface area contributed by atoms with Gasteiger partial charge in [0.25, 0.3) is 5.91 Å². The molecule has 2 heterocycles. The van der Waals surface area contributed by atoms with E-state index in [4.69, 9.17) is 0 Å². The zero-order chi connectivity index (χ0) is 14.2. The van der Waals surface area contributed by atoms with Gasteiger partial charge in [-0.25, -0.2) is 0 Å². The number of thiophene rings is 1. The molecule has 19 heavy (non-hydrogen) atoms. The van der Waals surface area contributed by atoms with E-state index in [0.717, 1.165) is 5.69 Å². The smallest absolute Gasteiger partial charge is 0.250 e. The predicted molar refractivity (Wildman–Crippen MR) is 77.2 cm³/mol. The molecule has 1 aliphatic heterocycles. The molecule has 1 saturated heterocycles. The standard InChI is InChI=1S/C14H20N2O2S/c1-8(2)11-14(18)16(10-5-6-19-7-10)12(9(3)4)13(17)15-11/h5-9,11-12H,1-4H3,(H,15,17). The van der Waals surface area contributed by atoms with Crippen LogP contribution in [0.2, 0.25) is 0 Å². The summed E-state index contributed by atoms with van der Waals surface area (Å²) in [6.45, 7) is 7.83. The Kier molecular flexibility index (Phi) is 3.94. The number of carbonyl (C=O) groups is 2. The summed E-state index contributed by atoms with van der Waals surface area (Å²) < 4.78 is 0. The van der Waals surface area contributed by atoms with Crippen LogP contribution in [0.3, 0.4) is 0 Å². The minimum atomic E-state index is -0.428. The Labute approximate surface area is 117 Å². The molecule has 4 nitrogen and oxygen atoms in total. The van der Waals surface area contributed by atoms with E-state index in [9.17, 15) is 9.59 Å². The van der Waals surface area contributed by atoms with Crippen molar-refractivity contribution in [3.8, 4) is 0 Å². The van der Waals surface area contributed by atoms with Crippen LogP contribution in [0.5, 0.6) is 0 Å². The van der Waals surface area contributed by atoms with Crippen LogP contribution in [-0.4, -0.2) is 23.9 Å². The number of hydrogen-bond donors (Lipinski definition) is 1. The van der Waals surface area contributed by atoms with Crippen LogP contribution in [-0.2, 0) is 9.59 Å². The highest BCUT2D eigenvalue weighted by molar-refractivity contribution is 7.08. The molecule has 2 atom stereocenters. The Morgan fingerprint density at radius 2 is 1.89 bits per heavy atom. The molecule has 1 aliphatic rings. The van der Waals surface area contributed by atoms with Crippen LogP contribution >= 0.6 is 11.3 Å². The molecule has 2 unspecified atom stereocenters. The monoisotopic (exact) mass is 280 g/mol. The van der Waals surface area contributed by atoms with E-state index in [1.165, 1.54) is 11.3 Å². The van der Waals surface area contributed by atoms with Gasteiger partial charge in [0.1, 0.15) is 12.1 Å². The summed E-state index contributed by atoms with van der Waals surface area (Å²) in [6.07, 6.45) is 0. The van der Waals surface area contributed by atoms with E-state index in [1.54, 1.807) is 4.90 Å². The number of nitrogens with one attached hydrogen (secondary N) is 1. The lowest BCUT2D eigenvalue weighted by Gasteiger charge is -2.41. The molecule has 1 aromatic heterocycles. The van der Waals surface area contributed by atoms with E-state index in [0.29, 0.717) is 0 Å². The third kappa shape index (κ3) is 2.52. The van der Waals surface area contributed by atoms with Gasteiger partial charge in [0.2, 0.25) is 5.91 Å². The van der Waals surface area contributed by atoms with Crippen LogP contribution in [0.1, 0.15) is 27.7 Å². The number of nitrogens with zero attached hydrogens (tertiary/aromatic N) is 1. The summed E-state index contributed by atoms with van der Waals surface area (Å²) in [5.74, 6) is 0.105. The second kappa shape index (κ2) is 5.33. The van der Waals surface area contributed by atoms with Gasteiger partial charge in [0.05, 0.1) is 5.69 Å². The first kappa shape index (κ1) is 14.1. The lowest BCUT2D eigenvalue weighted by Crippen LogP contribution is -2.66. The molecule has 104 valence electrons. The molecule has 0 saturated carbocycles. The highest BCUT2D eigenvalue weighted by atomic mass is 32.1. The number of anilines is 1. The van der Waals surface area contributed by atoms with E-state index >= 15 is 0 Å². The van der Waals surface area contributed by atoms with Crippen molar-refractivity contribution in [3.63, 3.8) is 0 Å². The van der Waals surface area contributed by atoms with Gasteiger partial charge in [-0.2, -0.15) is 11.3 Å². The van der Waals surface area contributed by atoms with Crippen molar-refractivity contribution in [3.05, 3.63) is 16.8 Å². The number of carbonyl (C=O) groups excluding carboxylic acids is 2. The van der Waals surface area contributed by atoms with Gasteiger partial charge in [0, 0.05) is 5.38 Å². The molecule has 0 radical (unpaired) electrons. The van der Waals surface area contributed by atoms with Crippen molar-refractivity contribution in [1.82, 2.24) is 5.32 Å². The zero-order valence-electron chi connectivity index (χ0n) is 11.7. The third-order valence-electron chi connectivity index (χ3n) is 3.43. The molecule has 1 aromatic rings. The Morgan fingerprint density at radius 3 is 2.37 bits per heavy atom. The quantitative estimate of drug-likeness (QED) is 0.923. The molecule has 0 aliphatic carbocycles. The lowest BCUT2D eigenvalue weighted by atomic mass is 9.92. The van der Waals surface area contributed by atoms with Gasteiger partial charge in [-0.1, -0.05) is 27.7 Å². The minimum absolute atomic E-state index is 0.00769. The average molecular weight is 280 g/mol. The summed E-state index contributed by atoms with van der Waals surface area (Å²) >= 11 is 1.53. The highest BCUT2D eigenvalue weighted by Gasteiger charge is 2.43. The highest BCUT2D eigenvalue weighted by Crippen LogP contribution is 2.28. The second-order valence-corrected chi connectivity index (χ2v) is 6.39. The van der Waals surface area contributed by atoms with Crippen molar-refractivity contribution in [2.75, 3.05) is 4.90 Å². The molecule has 0 spiro atoms. The zero-order valence-corrected chi connectivity index (χ0v) is 12.5. The summed E-state index contributed by atoms with van der Waals surface area (Å²) in [5.41, 5.74) is 0.828. The first-order valence-corrected chi connectivity index (χ1v) is 7.53. The maximum Gasteiger partial charge on any atom is 0.250 e. The Hall–Kier alpha value is -1.36. The van der Waals surface area contributed by atoms with Crippen molar-refractivity contribution >= 4 is 28.8 Å². The largest absolute Gasteiger partial charge is 0.342 e. The fourth-order valence-corrected chi connectivity index (χ4v) is 3.07. The molecular formula is C14H20N2O2S. The maximum absolute atomic E-state index is 12.6. The molecule has 1 N–H and O–H groups in total. The number of piperazine rings is 1.